The zero-order valence-electron chi connectivity index (χ0n) is 13.6. The van der Waals surface area contributed by atoms with Crippen LogP contribution >= 0.6 is 0 Å². The maximum Gasteiger partial charge on any atom is 0.119 e. The summed E-state index contributed by atoms with van der Waals surface area (Å²) in [4.78, 5) is 0. The highest BCUT2D eigenvalue weighted by molar-refractivity contribution is 5.29. The van der Waals surface area contributed by atoms with Crippen molar-refractivity contribution in [1.82, 2.24) is 5.32 Å². The second-order valence-corrected chi connectivity index (χ2v) is 6.07. The molecule has 21 heavy (non-hydrogen) atoms. The number of nitrogens with one attached hydrogen (secondary N) is 1. The van der Waals surface area contributed by atoms with Crippen LogP contribution < -0.4 is 10.1 Å². The Morgan fingerprint density at radius 1 is 1.24 bits per heavy atom. The number of rotatable bonds is 7. The molecule has 1 fully saturated rings. The van der Waals surface area contributed by atoms with Crippen LogP contribution in [0.5, 0.6) is 5.75 Å². The average molecular weight is 291 g/mol. The van der Waals surface area contributed by atoms with Crippen LogP contribution in [0.4, 0.5) is 0 Å². The molecule has 1 heterocycles. The van der Waals surface area contributed by atoms with Crippen LogP contribution in [0, 0.1) is 0 Å². The lowest BCUT2D eigenvalue weighted by Gasteiger charge is -2.28. The molecule has 1 aliphatic rings. The van der Waals surface area contributed by atoms with Crippen LogP contribution in [-0.4, -0.2) is 25.4 Å². The van der Waals surface area contributed by atoms with Gasteiger partial charge in [-0.15, -0.1) is 0 Å². The molecule has 3 heteroatoms. The SMILES string of the molecule is CCNC(CC1CCCCO1)c1ccc(OC(C)C)cc1. The molecule has 0 amide bonds. The standard InChI is InChI=1S/C18H29NO2/c1-4-19-18(13-17-7-5-6-12-20-17)15-8-10-16(11-9-15)21-14(2)3/h8-11,14,17-19H,4-7,12-13H2,1-3H3. The van der Waals surface area contributed by atoms with Gasteiger partial charge in [-0.1, -0.05) is 19.1 Å². The first kappa shape index (κ1) is 16.3. The lowest BCUT2D eigenvalue weighted by molar-refractivity contribution is 0.00514. The summed E-state index contributed by atoms with van der Waals surface area (Å²) in [7, 11) is 0. The first-order valence-electron chi connectivity index (χ1n) is 8.30. The normalized spacial score (nSPS) is 20.5. The van der Waals surface area contributed by atoms with E-state index < -0.39 is 0 Å². The maximum atomic E-state index is 5.89. The van der Waals surface area contributed by atoms with E-state index in [2.05, 4.69) is 50.4 Å². The third-order valence-electron chi connectivity index (χ3n) is 3.88. The van der Waals surface area contributed by atoms with E-state index in [9.17, 15) is 0 Å². The van der Waals surface area contributed by atoms with Gasteiger partial charge in [0.2, 0.25) is 0 Å². The van der Waals surface area contributed by atoms with Gasteiger partial charge in [0.15, 0.2) is 0 Å². The molecule has 118 valence electrons. The van der Waals surface area contributed by atoms with Gasteiger partial charge < -0.3 is 14.8 Å². The molecule has 1 aromatic rings. The molecule has 0 aliphatic carbocycles. The summed E-state index contributed by atoms with van der Waals surface area (Å²) < 4.78 is 11.6. The summed E-state index contributed by atoms with van der Waals surface area (Å²) in [6, 6.07) is 8.86. The Hall–Kier alpha value is -1.06. The first-order chi connectivity index (χ1) is 10.2. The Morgan fingerprint density at radius 3 is 2.57 bits per heavy atom. The molecule has 1 saturated heterocycles. The summed E-state index contributed by atoms with van der Waals surface area (Å²) in [5, 5.41) is 3.59. The van der Waals surface area contributed by atoms with Crippen molar-refractivity contribution in [3.8, 4) is 5.75 Å². The molecule has 1 N–H and O–H groups in total. The summed E-state index contributed by atoms with van der Waals surface area (Å²) in [5.41, 5.74) is 1.32. The third-order valence-corrected chi connectivity index (χ3v) is 3.88. The molecule has 2 unspecified atom stereocenters. The van der Waals surface area contributed by atoms with Crippen LogP contribution in [0.2, 0.25) is 0 Å². The van der Waals surface area contributed by atoms with E-state index in [0.717, 1.165) is 25.3 Å². The Morgan fingerprint density at radius 2 is 2.00 bits per heavy atom. The van der Waals surface area contributed by atoms with Crippen LogP contribution in [0.1, 0.15) is 58.1 Å². The molecule has 2 atom stereocenters. The van der Waals surface area contributed by atoms with Gasteiger partial charge in [-0.25, -0.2) is 0 Å². The fraction of sp³-hybridized carbons (Fsp3) is 0.667. The fourth-order valence-electron chi connectivity index (χ4n) is 2.89. The van der Waals surface area contributed by atoms with Crippen molar-refractivity contribution in [2.45, 2.75) is 64.7 Å². The quantitative estimate of drug-likeness (QED) is 0.821. The number of hydrogen-bond acceptors (Lipinski definition) is 3. The van der Waals surface area contributed by atoms with Crippen molar-refractivity contribution in [2.24, 2.45) is 0 Å². The largest absolute Gasteiger partial charge is 0.491 e. The third kappa shape index (κ3) is 5.33. The summed E-state index contributed by atoms with van der Waals surface area (Å²) in [5.74, 6) is 0.943. The Bertz CT molecular complexity index is 396. The van der Waals surface area contributed by atoms with Gasteiger partial charge in [0, 0.05) is 12.6 Å². The predicted octanol–water partition coefficient (Wildman–Crippen LogP) is 4.08. The molecule has 0 spiro atoms. The van der Waals surface area contributed by atoms with Gasteiger partial charge in [0.1, 0.15) is 5.75 Å². The Labute approximate surface area is 129 Å². The lowest BCUT2D eigenvalue weighted by atomic mass is 9.96. The van der Waals surface area contributed by atoms with Crippen molar-refractivity contribution in [3.05, 3.63) is 29.8 Å². The predicted molar refractivity (Wildman–Crippen MR) is 86.8 cm³/mol. The van der Waals surface area contributed by atoms with E-state index in [1.54, 1.807) is 0 Å². The van der Waals surface area contributed by atoms with Crippen molar-refractivity contribution < 1.29 is 9.47 Å². The van der Waals surface area contributed by atoms with Gasteiger partial charge in [-0.05, 0) is 63.8 Å². The van der Waals surface area contributed by atoms with Crippen LogP contribution in [0.15, 0.2) is 24.3 Å². The summed E-state index contributed by atoms with van der Waals surface area (Å²) in [6.45, 7) is 8.16. The fourth-order valence-corrected chi connectivity index (χ4v) is 2.89. The van der Waals surface area contributed by atoms with Gasteiger partial charge in [-0.3, -0.25) is 0 Å². The van der Waals surface area contributed by atoms with Gasteiger partial charge in [-0.2, -0.15) is 0 Å². The molecule has 0 saturated carbocycles. The minimum Gasteiger partial charge on any atom is -0.491 e. The average Bonchev–Trinajstić information content (AvgIpc) is 2.48. The molecular weight excluding hydrogens is 262 g/mol. The molecule has 1 aromatic carbocycles. The van der Waals surface area contributed by atoms with Crippen molar-refractivity contribution in [2.75, 3.05) is 13.2 Å². The van der Waals surface area contributed by atoms with Gasteiger partial charge in [0.25, 0.3) is 0 Å². The second kappa shape index (κ2) is 8.40. The minimum absolute atomic E-state index is 0.219. The maximum absolute atomic E-state index is 5.89. The molecule has 0 bridgehead atoms. The topological polar surface area (TPSA) is 30.5 Å². The van der Waals surface area contributed by atoms with E-state index >= 15 is 0 Å². The molecule has 2 rings (SSSR count). The number of ether oxygens (including phenoxy) is 2. The molecule has 0 aromatic heterocycles. The van der Waals surface area contributed by atoms with Gasteiger partial charge in [0.05, 0.1) is 12.2 Å². The van der Waals surface area contributed by atoms with Gasteiger partial charge >= 0.3 is 0 Å². The second-order valence-electron chi connectivity index (χ2n) is 6.07. The van der Waals surface area contributed by atoms with Crippen molar-refractivity contribution in [3.63, 3.8) is 0 Å². The van der Waals surface area contributed by atoms with Crippen LogP contribution in [0.3, 0.4) is 0 Å². The minimum atomic E-state index is 0.219. The monoisotopic (exact) mass is 291 g/mol. The van der Waals surface area contributed by atoms with Crippen molar-refractivity contribution in [1.29, 1.82) is 0 Å². The van der Waals surface area contributed by atoms with Crippen LogP contribution in [0.25, 0.3) is 0 Å². The Kier molecular flexibility index (Phi) is 6.52. The number of benzene rings is 1. The number of hydrogen-bond donors (Lipinski definition) is 1. The highest BCUT2D eigenvalue weighted by Gasteiger charge is 2.20. The lowest BCUT2D eigenvalue weighted by Crippen LogP contribution is -2.28. The highest BCUT2D eigenvalue weighted by Crippen LogP contribution is 2.26. The smallest absolute Gasteiger partial charge is 0.119 e. The van der Waals surface area contributed by atoms with Crippen molar-refractivity contribution >= 4 is 0 Å². The molecule has 0 radical (unpaired) electrons. The zero-order valence-corrected chi connectivity index (χ0v) is 13.6. The molecular formula is C18H29NO2. The van der Waals surface area contributed by atoms with E-state index in [4.69, 9.17) is 9.47 Å². The van der Waals surface area contributed by atoms with E-state index in [1.165, 1.54) is 24.8 Å². The Balaban J connectivity index is 1.99. The van der Waals surface area contributed by atoms with Crippen LogP contribution in [-0.2, 0) is 4.74 Å². The molecule has 1 aliphatic heterocycles. The zero-order chi connectivity index (χ0) is 15.1. The van der Waals surface area contributed by atoms with E-state index in [0.29, 0.717) is 12.1 Å². The first-order valence-corrected chi connectivity index (χ1v) is 8.30. The highest BCUT2D eigenvalue weighted by atomic mass is 16.5. The van der Waals surface area contributed by atoms with E-state index in [1.807, 2.05) is 0 Å². The summed E-state index contributed by atoms with van der Waals surface area (Å²) >= 11 is 0. The molecule has 3 nitrogen and oxygen atoms in total. The summed E-state index contributed by atoms with van der Waals surface area (Å²) in [6.07, 6.45) is 5.37. The van der Waals surface area contributed by atoms with E-state index in [-0.39, 0.29) is 6.10 Å².